The topological polar surface area (TPSA) is 24.5 Å². The second-order valence-electron chi connectivity index (χ2n) is 5.73. The molecule has 2 aliphatic heterocycles. The molecule has 1 aromatic carbocycles. The van der Waals surface area contributed by atoms with E-state index in [1.807, 2.05) is 0 Å². The van der Waals surface area contributed by atoms with Crippen molar-refractivity contribution in [1.29, 1.82) is 0 Å². The summed E-state index contributed by atoms with van der Waals surface area (Å²) >= 11 is 3.54. The third-order valence-electron chi connectivity index (χ3n) is 4.47. The van der Waals surface area contributed by atoms with Gasteiger partial charge >= 0.3 is 0 Å². The molecule has 2 heterocycles. The van der Waals surface area contributed by atoms with Gasteiger partial charge in [0.25, 0.3) is 0 Å². The zero-order valence-electron chi connectivity index (χ0n) is 11.9. The summed E-state index contributed by atoms with van der Waals surface area (Å²) < 4.78 is 6.71. The number of hydrogen-bond acceptors (Lipinski definition) is 3. The molecule has 1 N–H and O–H groups in total. The predicted octanol–water partition coefficient (Wildman–Crippen LogP) is 2.82. The Morgan fingerprint density at radius 2 is 1.75 bits per heavy atom. The number of nitrogens with one attached hydrogen (secondary N) is 1. The van der Waals surface area contributed by atoms with Gasteiger partial charge in [-0.25, -0.2) is 0 Å². The quantitative estimate of drug-likeness (QED) is 0.917. The fraction of sp³-hybridized carbons (Fsp3) is 0.625. The minimum absolute atomic E-state index is 0.550. The predicted molar refractivity (Wildman–Crippen MR) is 84.9 cm³/mol. The van der Waals surface area contributed by atoms with Crippen LogP contribution in [0.25, 0.3) is 0 Å². The van der Waals surface area contributed by atoms with Gasteiger partial charge in [0.1, 0.15) is 0 Å². The summed E-state index contributed by atoms with van der Waals surface area (Å²) in [7, 11) is 0. The fourth-order valence-corrected chi connectivity index (χ4v) is 3.70. The molecule has 1 aromatic rings. The minimum Gasteiger partial charge on any atom is -0.381 e. The third-order valence-corrected chi connectivity index (χ3v) is 5.00. The summed E-state index contributed by atoms with van der Waals surface area (Å²) in [6.45, 7) is 6.36. The lowest BCUT2D eigenvalue weighted by atomic mass is 9.85. The van der Waals surface area contributed by atoms with Gasteiger partial charge in [0.05, 0.1) is 0 Å². The van der Waals surface area contributed by atoms with Crippen LogP contribution in [0.4, 0.5) is 0 Å². The molecule has 0 bridgehead atoms. The summed E-state index contributed by atoms with van der Waals surface area (Å²) in [5, 5.41) is 3.46. The number of ether oxygens (including phenoxy) is 1. The minimum atomic E-state index is 0.550. The third kappa shape index (κ3) is 3.42. The molecule has 0 aromatic heterocycles. The summed E-state index contributed by atoms with van der Waals surface area (Å²) in [6.07, 6.45) is 2.37. The standard InChI is InChI=1S/C16H23BrN2O/c17-15-3-1-13(2-4-15)16(14-5-11-20-12-6-14)19-9-7-18-8-10-19/h1-4,14,16,18H,5-12H2/t16-/m0/s1. The van der Waals surface area contributed by atoms with Crippen LogP contribution in [0.5, 0.6) is 0 Å². The van der Waals surface area contributed by atoms with Gasteiger partial charge in [0.2, 0.25) is 0 Å². The molecule has 2 aliphatic rings. The Bertz CT molecular complexity index is 393. The van der Waals surface area contributed by atoms with E-state index in [1.54, 1.807) is 0 Å². The lowest BCUT2D eigenvalue weighted by Gasteiger charge is -2.41. The van der Waals surface area contributed by atoms with Crippen molar-refractivity contribution in [3.8, 4) is 0 Å². The van der Waals surface area contributed by atoms with Crippen LogP contribution in [-0.2, 0) is 4.74 Å². The van der Waals surface area contributed by atoms with Crippen LogP contribution in [0.15, 0.2) is 28.7 Å². The molecule has 0 saturated carbocycles. The van der Waals surface area contributed by atoms with Crippen molar-refractivity contribution < 1.29 is 4.74 Å². The van der Waals surface area contributed by atoms with Crippen molar-refractivity contribution in [3.63, 3.8) is 0 Å². The van der Waals surface area contributed by atoms with E-state index in [-0.39, 0.29) is 0 Å². The number of hydrogen-bond donors (Lipinski definition) is 1. The van der Waals surface area contributed by atoms with Gasteiger partial charge in [-0.2, -0.15) is 0 Å². The zero-order valence-corrected chi connectivity index (χ0v) is 13.4. The molecule has 4 heteroatoms. The monoisotopic (exact) mass is 338 g/mol. The highest BCUT2D eigenvalue weighted by molar-refractivity contribution is 9.10. The zero-order chi connectivity index (χ0) is 13.8. The normalized spacial score (nSPS) is 23.6. The molecule has 0 amide bonds. The Hall–Kier alpha value is -0.420. The Balaban J connectivity index is 1.83. The van der Waals surface area contributed by atoms with E-state index in [1.165, 1.54) is 18.4 Å². The SMILES string of the molecule is Brc1ccc([C@@H](C2CCOCC2)N2CCNCC2)cc1. The summed E-state index contributed by atoms with van der Waals surface area (Å²) in [5.74, 6) is 0.725. The van der Waals surface area contributed by atoms with Crippen LogP contribution >= 0.6 is 15.9 Å². The highest BCUT2D eigenvalue weighted by Crippen LogP contribution is 2.35. The van der Waals surface area contributed by atoms with Gasteiger partial charge in [-0.05, 0) is 36.5 Å². The molecule has 0 aliphatic carbocycles. The Morgan fingerprint density at radius 1 is 1.10 bits per heavy atom. The van der Waals surface area contributed by atoms with Crippen LogP contribution in [0, 0.1) is 5.92 Å². The van der Waals surface area contributed by atoms with Gasteiger partial charge < -0.3 is 10.1 Å². The number of rotatable bonds is 3. The second kappa shape index (κ2) is 7.03. The number of nitrogens with zero attached hydrogens (tertiary/aromatic N) is 1. The molecular weight excluding hydrogens is 316 g/mol. The highest BCUT2D eigenvalue weighted by Gasteiger charge is 2.31. The van der Waals surface area contributed by atoms with Gasteiger partial charge in [-0.1, -0.05) is 28.1 Å². The molecule has 1 atom stereocenters. The van der Waals surface area contributed by atoms with E-state index in [2.05, 4.69) is 50.4 Å². The summed E-state index contributed by atoms with van der Waals surface area (Å²) in [4.78, 5) is 2.66. The fourth-order valence-electron chi connectivity index (χ4n) is 3.43. The van der Waals surface area contributed by atoms with Crippen molar-refractivity contribution >= 4 is 15.9 Å². The van der Waals surface area contributed by atoms with E-state index >= 15 is 0 Å². The van der Waals surface area contributed by atoms with Gasteiger partial charge in [0, 0.05) is 49.9 Å². The maximum atomic E-state index is 5.55. The maximum absolute atomic E-state index is 5.55. The first-order valence-corrected chi connectivity index (χ1v) is 8.42. The average molecular weight is 339 g/mol. The molecule has 2 fully saturated rings. The lowest BCUT2D eigenvalue weighted by Crippen LogP contribution is -2.47. The summed E-state index contributed by atoms with van der Waals surface area (Å²) in [6, 6.07) is 9.46. The Kier molecular flexibility index (Phi) is 5.10. The van der Waals surface area contributed by atoms with Crippen molar-refractivity contribution in [2.45, 2.75) is 18.9 Å². The molecule has 3 nitrogen and oxygen atoms in total. The number of benzene rings is 1. The van der Waals surface area contributed by atoms with Crippen LogP contribution in [0.1, 0.15) is 24.4 Å². The van der Waals surface area contributed by atoms with E-state index in [0.717, 1.165) is 49.8 Å². The largest absolute Gasteiger partial charge is 0.381 e. The first-order chi connectivity index (χ1) is 9.84. The molecule has 2 saturated heterocycles. The number of halogens is 1. The van der Waals surface area contributed by atoms with Crippen molar-refractivity contribution in [1.82, 2.24) is 10.2 Å². The highest BCUT2D eigenvalue weighted by atomic mass is 79.9. The molecule has 20 heavy (non-hydrogen) atoms. The van der Waals surface area contributed by atoms with Crippen LogP contribution in [0.2, 0.25) is 0 Å². The Labute approximate surface area is 129 Å². The molecule has 110 valence electrons. The van der Waals surface area contributed by atoms with E-state index in [4.69, 9.17) is 4.74 Å². The molecular formula is C16H23BrN2O. The van der Waals surface area contributed by atoms with Crippen molar-refractivity contribution in [2.24, 2.45) is 5.92 Å². The van der Waals surface area contributed by atoms with Crippen molar-refractivity contribution in [2.75, 3.05) is 39.4 Å². The van der Waals surface area contributed by atoms with Crippen molar-refractivity contribution in [3.05, 3.63) is 34.3 Å². The molecule has 3 rings (SSSR count). The molecule has 0 radical (unpaired) electrons. The van der Waals surface area contributed by atoms with E-state index in [0.29, 0.717) is 6.04 Å². The van der Waals surface area contributed by atoms with Gasteiger partial charge in [-0.15, -0.1) is 0 Å². The number of piperazine rings is 1. The maximum Gasteiger partial charge on any atom is 0.0469 e. The smallest absolute Gasteiger partial charge is 0.0469 e. The molecule has 0 unspecified atom stereocenters. The Morgan fingerprint density at radius 3 is 2.40 bits per heavy atom. The first-order valence-electron chi connectivity index (χ1n) is 7.62. The van der Waals surface area contributed by atoms with Gasteiger partial charge in [0.15, 0.2) is 0 Å². The lowest BCUT2D eigenvalue weighted by molar-refractivity contribution is 0.0213. The first kappa shape index (κ1) is 14.5. The van der Waals surface area contributed by atoms with Gasteiger partial charge in [-0.3, -0.25) is 4.90 Å². The second-order valence-corrected chi connectivity index (χ2v) is 6.65. The summed E-state index contributed by atoms with van der Waals surface area (Å²) in [5.41, 5.74) is 1.46. The van der Waals surface area contributed by atoms with Crippen LogP contribution < -0.4 is 5.32 Å². The average Bonchev–Trinajstić information content (AvgIpc) is 2.52. The van der Waals surface area contributed by atoms with Crippen LogP contribution in [-0.4, -0.2) is 44.3 Å². The molecule has 0 spiro atoms. The van der Waals surface area contributed by atoms with Crippen LogP contribution in [0.3, 0.4) is 0 Å². The van der Waals surface area contributed by atoms with E-state index < -0.39 is 0 Å². The van der Waals surface area contributed by atoms with E-state index in [9.17, 15) is 0 Å².